The topological polar surface area (TPSA) is 42.4 Å². The molecule has 0 radical (unpaired) electrons. The summed E-state index contributed by atoms with van der Waals surface area (Å²) in [4.78, 5) is 18.5. The Morgan fingerprint density at radius 3 is 2.87 bits per heavy atom. The van der Waals surface area contributed by atoms with E-state index in [0.29, 0.717) is 29.3 Å². The lowest BCUT2D eigenvalue weighted by Crippen LogP contribution is -2.56. The lowest BCUT2D eigenvalue weighted by Gasteiger charge is -2.38. The van der Waals surface area contributed by atoms with Crippen molar-refractivity contribution in [3.05, 3.63) is 24.3 Å². The number of carbonyl (C=O) groups is 1. The maximum Gasteiger partial charge on any atom is 0.274 e. The number of nitrogens with zero attached hydrogens (tertiary/aromatic N) is 2. The molecule has 1 amide bonds. The minimum Gasteiger partial charge on any atom is -0.463 e. The largest absolute Gasteiger partial charge is 0.463 e. The van der Waals surface area contributed by atoms with Gasteiger partial charge in [-0.15, -0.1) is 11.8 Å². The summed E-state index contributed by atoms with van der Waals surface area (Å²) >= 11 is 3.41. The first-order chi connectivity index (χ1) is 11.3. The van der Waals surface area contributed by atoms with E-state index in [-0.39, 0.29) is 12.0 Å². The highest BCUT2D eigenvalue weighted by atomic mass is 32.2. The average Bonchev–Trinajstić information content (AvgIpc) is 3.16. The number of hydrogen-bond acceptors (Lipinski definition) is 5. The Labute approximate surface area is 144 Å². The number of fused-ring (bicyclic) bond motifs is 1. The Bertz CT molecular complexity index is 658. The molecule has 1 aromatic carbocycles. The number of para-hydroxylation sites is 1. The van der Waals surface area contributed by atoms with Crippen LogP contribution in [0.5, 0.6) is 5.19 Å². The first kappa shape index (κ1) is 15.3. The Morgan fingerprint density at radius 2 is 2.09 bits per heavy atom. The molecule has 2 aromatic rings. The van der Waals surface area contributed by atoms with Crippen LogP contribution in [0.3, 0.4) is 0 Å². The van der Waals surface area contributed by atoms with E-state index >= 15 is 0 Å². The molecule has 23 heavy (non-hydrogen) atoms. The summed E-state index contributed by atoms with van der Waals surface area (Å²) in [7, 11) is 0. The van der Waals surface area contributed by atoms with Gasteiger partial charge in [0.2, 0.25) is 5.91 Å². The molecular formula is C17H20N2O2S2. The predicted molar refractivity (Wildman–Crippen MR) is 95.3 cm³/mol. The Hall–Kier alpha value is -1.27. The average molecular weight is 348 g/mol. The molecule has 1 aliphatic heterocycles. The second-order valence-corrected chi connectivity index (χ2v) is 8.49. The van der Waals surface area contributed by atoms with Crippen LogP contribution in [0.15, 0.2) is 24.3 Å². The molecule has 1 aromatic heterocycles. The summed E-state index contributed by atoms with van der Waals surface area (Å²) in [5.74, 6) is 0.879. The van der Waals surface area contributed by atoms with Crippen molar-refractivity contribution in [2.45, 2.75) is 37.0 Å². The molecule has 0 atom stereocenters. The van der Waals surface area contributed by atoms with Gasteiger partial charge >= 0.3 is 0 Å². The van der Waals surface area contributed by atoms with E-state index < -0.39 is 0 Å². The zero-order chi connectivity index (χ0) is 15.6. The number of ether oxygens (including phenoxy) is 1. The molecule has 122 valence electrons. The molecule has 0 bridgehead atoms. The third-order valence-corrected chi connectivity index (χ3v) is 6.77. The molecule has 4 rings (SSSR count). The van der Waals surface area contributed by atoms with Gasteiger partial charge in [-0.05, 0) is 25.0 Å². The number of benzene rings is 1. The summed E-state index contributed by atoms with van der Waals surface area (Å²) < 4.78 is 7.04. The van der Waals surface area contributed by atoms with E-state index in [1.54, 1.807) is 11.3 Å². The number of amides is 1. The van der Waals surface area contributed by atoms with Crippen LogP contribution in [0, 0.1) is 0 Å². The summed E-state index contributed by atoms with van der Waals surface area (Å²) in [5, 5.41) is 1.42. The van der Waals surface area contributed by atoms with Gasteiger partial charge in [0.1, 0.15) is 6.10 Å². The number of carbonyl (C=O) groups excluding carboxylic acids is 1. The minimum absolute atomic E-state index is 0.0935. The summed E-state index contributed by atoms with van der Waals surface area (Å²) in [5.41, 5.74) is 0.979. The maximum atomic E-state index is 12.2. The van der Waals surface area contributed by atoms with E-state index in [9.17, 15) is 4.79 Å². The number of hydrogen-bond donors (Lipinski definition) is 0. The van der Waals surface area contributed by atoms with Crippen LogP contribution in [0.4, 0.5) is 0 Å². The smallest absolute Gasteiger partial charge is 0.274 e. The van der Waals surface area contributed by atoms with Crippen molar-refractivity contribution in [2.24, 2.45) is 0 Å². The van der Waals surface area contributed by atoms with Crippen molar-refractivity contribution in [3.63, 3.8) is 0 Å². The molecule has 1 saturated carbocycles. The van der Waals surface area contributed by atoms with Crippen molar-refractivity contribution in [3.8, 4) is 5.19 Å². The van der Waals surface area contributed by atoms with E-state index in [1.165, 1.54) is 25.7 Å². The lowest BCUT2D eigenvalue weighted by molar-refractivity contribution is -0.137. The summed E-state index contributed by atoms with van der Waals surface area (Å²) in [6, 6.07) is 8.04. The molecule has 6 heteroatoms. The van der Waals surface area contributed by atoms with Gasteiger partial charge in [0.25, 0.3) is 5.19 Å². The van der Waals surface area contributed by atoms with Crippen LogP contribution < -0.4 is 4.74 Å². The quantitative estimate of drug-likeness (QED) is 0.828. The standard InChI is InChI=1S/C17H20N2O2S2/c20-16(11-22-13-5-1-2-6-13)19-9-12(10-19)21-17-18-14-7-3-4-8-15(14)23-17/h3-4,7-8,12-13H,1-2,5-6,9-11H2. The van der Waals surface area contributed by atoms with E-state index in [4.69, 9.17) is 4.74 Å². The molecule has 0 unspecified atom stereocenters. The summed E-state index contributed by atoms with van der Waals surface area (Å²) in [6.07, 6.45) is 5.31. The fraction of sp³-hybridized carbons (Fsp3) is 0.529. The number of thioether (sulfide) groups is 1. The van der Waals surface area contributed by atoms with Crippen LogP contribution in [0.2, 0.25) is 0 Å². The second-order valence-electron chi connectivity index (χ2n) is 6.20. The number of thiazole rings is 1. The monoisotopic (exact) mass is 348 g/mol. The van der Waals surface area contributed by atoms with Crippen molar-refractivity contribution < 1.29 is 9.53 Å². The van der Waals surface area contributed by atoms with Crippen molar-refractivity contribution >= 4 is 39.2 Å². The fourth-order valence-corrected chi connectivity index (χ4v) is 5.20. The highest BCUT2D eigenvalue weighted by molar-refractivity contribution is 8.00. The number of aromatic nitrogens is 1. The van der Waals surface area contributed by atoms with Crippen LogP contribution in [0.1, 0.15) is 25.7 Å². The minimum atomic E-state index is 0.0935. The Balaban J connectivity index is 1.23. The van der Waals surface area contributed by atoms with E-state index in [0.717, 1.165) is 10.2 Å². The molecule has 1 saturated heterocycles. The van der Waals surface area contributed by atoms with Gasteiger partial charge in [-0.25, -0.2) is 4.98 Å². The molecular weight excluding hydrogens is 328 g/mol. The molecule has 2 heterocycles. The summed E-state index contributed by atoms with van der Waals surface area (Å²) in [6.45, 7) is 1.39. The number of likely N-dealkylation sites (tertiary alicyclic amines) is 1. The first-order valence-corrected chi connectivity index (χ1v) is 10.1. The molecule has 0 N–H and O–H groups in total. The maximum absolute atomic E-state index is 12.2. The molecule has 2 fully saturated rings. The van der Waals surface area contributed by atoms with Crippen LogP contribution in [-0.4, -0.2) is 46.0 Å². The van der Waals surface area contributed by atoms with E-state index in [1.807, 2.05) is 34.9 Å². The Kier molecular flexibility index (Phi) is 4.44. The van der Waals surface area contributed by atoms with Gasteiger partial charge in [-0.3, -0.25) is 4.79 Å². The number of rotatable bonds is 5. The van der Waals surface area contributed by atoms with Crippen LogP contribution >= 0.6 is 23.1 Å². The zero-order valence-electron chi connectivity index (χ0n) is 12.9. The lowest BCUT2D eigenvalue weighted by atomic mass is 10.2. The molecule has 1 aliphatic carbocycles. The fourth-order valence-electron chi connectivity index (χ4n) is 3.10. The molecule has 0 spiro atoms. The predicted octanol–water partition coefficient (Wildman–Crippen LogP) is 3.56. The molecule has 4 nitrogen and oxygen atoms in total. The van der Waals surface area contributed by atoms with Gasteiger partial charge in [0.15, 0.2) is 0 Å². The SMILES string of the molecule is O=C(CSC1CCCC1)N1CC(Oc2nc3ccccc3s2)C1. The normalized spacial score (nSPS) is 19.2. The first-order valence-electron chi connectivity index (χ1n) is 8.19. The van der Waals surface area contributed by atoms with Crippen LogP contribution in [0.25, 0.3) is 10.2 Å². The van der Waals surface area contributed by atoms with Gasteiger partial charge in [0, 0.05) is 5.25 Å². The van der Waals surface area contributed by atoms with E-state index in [2.05, 4.69) is 11.1 Å². The highest BCUT2D eigenvalue weighted by Crippen LogP contribution is 2.31. The third-order valence-electron chi connectivity index (χ3n) is 4.49. The van der Waals surface area contributed by atoms with Gasteiger partial charge in [-0.2, -0.15) is 0 Å². The Morgan fingerprint density at radius 1 is 1.30 bits per heavy atom. The van der Waals surface area contributed by atoms with Gasteiger partial charge < -0.3 is 9.64 Å². The van der Waals surface area contributed by atoms with Crippen molar-refractivity contribution in [1.29, 1.82) is 0 Å². The highest BCUT2D eigenvalue weighted by Gasteiger charge is 2.33. The van der Waals surface area contributed by atoms with Crippen LogP contribution in [-0.2, 0) is 4.79 Å². The third kappa shape index (κ3) is 3.48. The van der Waals surface area contributed by atoms with Crippen molar-refractivity contribution in [2.75, 3.05) is 18.8 Å². The van der Waals surface area contributed by atoms with Gasteiger partial charge in [0.05, 0.1) is 29.1 Å². The molecule has 2 aliphatic rings. The second kappa shape index (κ2) is 6.69. The zero-order valence-corrected chi connectivity index (χ0v) is 14.6. The van der Waals surface area contributed by atoms with Gasteiger partial charge in [-0.1, -0.05) is 36.3 Å². The van der Waals surface area contributed by atoms with Crippen molar-refractivity contribution in [1.82, 2.24) is 9.88 Å².